The van der Waals surface area contributed by atoms with Gasteiger partial charge in [-0.05, 0) is 38.5 Å². The molecule has 0 aromatic heterocycles. The summed E-state index contributed by atoms with van der Waals surface area (Å²) in [5.41, 5.74) is 0. The van der Waals surface area contributed by atoms with Crippen LogP contribution in [0, 0.1) is 0 Å². The van der Waals surface area contributed by atoms with E-state index in [2.05, 4.69) is 41.5 Å². The fraction of sp³-hybridized carbons (Fsp3) is 0.900. The predicted octanol–water partition coefficient (Wildman–Crippen LogP) is 18.1. The van der Waals surface area contributed by atoms with Gasteiger partial charge in [0.15, 0.2) is 0 Å². The molecule has 0 heterocycles. The molecule has 0 aromatic carbocycles. The molecular weight excluding hydrogens is 1010 g/mol. The molecule has 0 aliphatic heterocycles. The molecule has 0 aliphatic rings. The maximum absolute atomic E-state index is 10.1. The Morgan fingerprint density at radius 1 is 0.189 bits per heavy atom. The third kappa shape index (κ3) is 123. The summed E-state index contributed by atoms with van der Waals surface area (Å²) in [6.07, 6.45) is 51.9. The van der Waals surface area contributed by atoms with Gasteiger partial charge in [0, 0.05) is 64.7 Å². The molecule has 74 heavy (non-hydrogen) atoms. The first-order chi connectivity index (χ1) is 34.6. The Hall–Kier alpha value is -2.23. The van der Waals surface area contributed by atoms with Gasteiger partial charge in [-0.3, -0.25) is 28.8 Å². The van der Waals surface area contributed by atoms with Crippen molar-refractivity contribution in [2.45, 2.75) is 350 Å². The first-order valence-corrected chi connectivity index (χ1v) is 29.9. The SMILES string of the molecule is B.CCCCCCCCCC(=O)O.CCCCCCCCCC(=O)O.CCCCCCCCCC(=O)O.CCCCCCCCCC(=O)O.CCCCCCCCCC(=O)O.CCCCCCCCCC(=O)O.[Zr]. The molecule has 0 rings (SSSR count). The van der Waals surface area contributed by atoms with Crippen LogP contribution < -0.4 is 0 Å². The van der Waals surface area contributed by atoms with Crippen molar-refractivity contribution in [2.24, 2.45) is 0 Å². The number of aliphatic carboxylic acids is 6. The Bertz CT molecular complexity index is 895. The molecule has 0 bridgehead atoms. The molecule has 0 radical (unpaired) electrons. The fourth-order valence-electron chi connectivity index (χ4n) is 7.40. The zero-order chi connectivity index (χ0) is 55.4. The zero-order valence-electron chi connectivity index (χ0n) is 48.6. The van der Waals surface area contributed by atoms with Crippen LogP contribution in [0.4, 0.5) is 0 Å². The molecule has 0 aromatic rings. The number of unbranched alkanes of at least 4 members (excludes halogenated alkanes) is 36. The Morgan fingerprint density at radius 2 is 0.270 bits per heavy atom. The molecule has 442 valence electrons. The van der Waals surface area contributed by atoms with Crippen LogP contribution in [0.3, 0.4) is 0 Å². The third-order valence-electron chi connectivity index (χ3n) is 12.0. The van der Waals surface area contributed by atoms with Gasteiger partial charge in [0.25, 0.3) is 0 Å². The maximum Gasteiger partial charge on any atom is 0.303 e. The first-order valence-electron chi connectivity index (χ1n) is 29.9. The van der Waals surface area contributed by atoms with E-state index in [1.807, 2.05) is 0 Å². The van der Waals surface area contributed by atoms with Crippen molar-refractivity contribution >= 4 is 44.2 Å². The topological polar surface area (TPSA) is 224 Å². The van der Waals surface area contributed by atoms with Gasteiger partial charge in [-0.2, -0.15) is 0 Å². The van der Waals surface area contributed by atoms with Crippen LogP contribution in [-0.4, -0.2) is 74.9 Å². The quantitative estimate of drug-likeness (QED) is 0.0247. The number of rotatable bonds is 48. The normalized spacial score (nSPS) is 9.81. The van der Waals surface area contributed by atoms with Crippen LogP contribution in [0.15, 0.2) is 0 Å². The second-order valence-electron chi connectivity index (χ2n) is 19.6. The largest absolute Gasteiger partial charge is 0.481 e. The van der Waals surface area contributed by atoms with Gasteiger partial charge in [-0.15, -0.1) is 0 Å². The third-order valence-corrected chi connectivity index (χ3v) is 12.0. The van der Waals surface area contributed by atoms with Crippen LogP contribution in [0.1, 0.15) is 350 Å². The van der Waals surface area contributed by atoms with E-state index in [0.717, 1.165) is 77.0 Å². The van der Waals surface area contributed by atoms with E-state index in [4.69, 9.17) is 30.6 Å². The molecule has 0 saturated heterocycles. The average molecular weight is 1140 g/mol. The molecule has 0 fully saturated rings. The molecule has 0 aliphatic carbocycles. The van der Waals surface area contributed by atoms with Crippen LogP contribution in [0.2, 0.25) is 0 Å². The minimum Gasteiger partial charge on any atom is -0.481 e. The summed E-state index contributed by atoms with van der Waals surface area (Å²) >= 11 is 0. The first kappa shape index (κ1) is 88.4. The van der Waals surface area contributed by atoms with Gasteiger partial charge >= 0.3 is 35.8 Å². The Labute approximate surface area is 477 Å². The van der Waals surface area contributed by atoms with Crippen molar-refractivity contribution in [3.05, 3.63) is 0 Å². The molecular formula is C60H123BO12Zr. The molecule has 0 spiro atoms. The van der Waals surface area contributed by atoms with Gasteiger partial charge in [-0.1, -0.05) is 273 Å². The summed E-state index contributed by atoms with van der Waals surface area (Å²) in [6.45, 7) is 13.2. The van der Waals surface area contributed by atoms with E-state index in [-0.39, 0.29) is 34.6 Å². The van der Waals surface area contributed by atoms with Crippen molar-refractivity contribution < 1.29 is 85.6 Å². The molecule has 0 unspecified atom stereocenters. The molecule has 0 atom stereocenters. The molecule has 14 heteroatoms. The average Bonchev–Trinajstić information content (AvgIpc) is 3.33. The zero-order valence-corrected chi connectivity index (χ0v) is 51.0. The second-order valence-corrected chi connectivity index (χ2v) is 19.6. The summed E-state index contributed by atoms with van der Waals surface area (Å²) in [5.74, 6) is -3.98. The van der Waals surface area contributed by atoms with Crippen LogP contribution in [0.5, 0.6) is 0 Å². The maximum atomic E-state index is 10.1. The minimum atomic E-state index is -0.663. The number of hydrogen-bond donors (Lipinski definition) is 6. The van der Waals surface area contributed by atoms with Gasteiger partial charge in [0.1, 0.15) is 0 Å². The van der Waals surface area contributed by atoms with E-state index in [1.165, 1.54) is 193 Å². The standard InChI is InChI=1S/6C10H20O2.BH3.Zr/c6*1-2-3-4-5-6-7-8-9-10(11)12;;/h6*2-9H2,1H3,(H,11,12);1H3;. The molecule has 12 nitrogen and oxygen atoms in total. The number of hydrogen-bond acceptors (Lipinski definition) is 6. The molecule has 0 amide bonds. The second kappa shape index (κ2) is 84.7. The van der Waals surface area contributed by atoms with Crippen molar-refractivity contribution in [3.63, 3.8) is 0 Å². The van der Waals surface area contributed by atoms with Crippen LogP contribution in [0.25, 0.3) is 0 Å². The van der Waals surface area contributed by atoms with Gasteiger partial charge in [-0.25, -0.2) is 0 Å². The van der Waals surface area contributed by atoms with E-state index in [9.17, 15) is 28.8 Å². The van der Waals surface area contributed by atoms with Gasteiger partial charge in [0.2, 0.25) is 0 Å². The Kier molecular flexibility index (Phi) is 101. The smallest absolute Gasteiger partial charge is 0.303 e. The minimum absolute atomic E-state index is 0. The van der Waals surface area contributed by atoms with E-state index < -0.39 is 35.8 Å². The number of carbonyl (C=O) groups is 6. The van der Waals surface area contributed by atoms with Crippen molar-refractivity contribution in [1.82, 2.24) is 0 Å². The van der Waals surface area contributed by atoms with Crippen molar-refractivity contribution in [3.8, 4) is 0 Å². The predicted molar refractivity (Wildman–Crippen MR) is 311 cm³/mol. The monoisotopic (exact) mass is 1140 g/mol. The Balaban J connectivity index is -0.000000117. The van der Waals surface area contributed by atoms with Crippen molar-refractivity contribution in [1.29, 1.82) is 0 Å². The van der Waals surface area contributed by atoms with E-state index in [1.54, 1.807) is 0 Å². The number of carboxylic acids is 6. The summed E-state index contributed by atoms with van der Waals surface area (Å²) in [4.78, 5) is 60.8. The van der Waals surface area contributed by atoms with Crippen molar-refractivity contribution in [2.75, 3.05) is 0 Å². The van der Waals surface area contributed by atoms with Gasteiger partial charge < -0.3 is 30.6 Å². The van der Waals surface area contributed by atoms with Crippen LogP contribution in [-0.2, 0) is 55.0 Å². The van der Waals surface area contributed by atoms with Crippen LogP contribution >= 0.6 is 0 Å². The summed E-state index contributed by atoms with van der Waals surface area (Å²) in [6, 6.07) is 0. The molecule has 6 N–H and O–H groups in total. The molecule has 0 saturated carbocycles. The summed E-state index contributed by atoms with van der Waals surface area (Å²) < 4.78 is 0. The number of carboxylic acid groups (broad SMARTS) is 6. The summed E-state index contributed by atoms with van der Waals surface area (Å²) in [5, 5.41) is 50.1. The fourth-order valence-corrected chi connectivity index (χ4v) is 7.40. The Morgan fingerprint density at radius 3 is 0.351 bits per heavy atom. The van der Waals surface area contributed by atoms with E-state index in [0.29, 0.717) is 38.5 Å². The summed E-state index contributed by atoms with van der Waals surface area (Å²) in [7, 11) is 0. The van der Waals surface area contributed by atoms with E-state index >= 15 is 0 Å². The van der Waals surface area contributed by atoms with Gasteiger partial charge in [0.05, 0.1) is 8.41 Å².